The minimum Gasteiger partial charge on any atom is -0.401 e. The fourth-order valence-corrected chi connectivity index (χ4v) is 4.43. The van der Waals surface area contributed by atoms with Crippen LogP contribution in [0.4, 0.5) is 0 Å². The van der Waals surface area contributed by atoms with Crippen molar-refractivity contribution < 1.29 is 15.0 Å². The zero-order valence-corrected chi connectivity index (χ0v) is 11.8. The SMILES string of the molecule is C=CC[C@H]([NH3+])B1O[C@@H]2C[C@@H]3C[C@@H](C3(C)C)[C@]2(C)O1. The molecule has 100 valence electrons. The second-order valence-corrected chi connectivity index (χ2v) is 7.12. The van der Waals surface area contributed by atoms with E-state index in [4.69, 9.17) is 9.31 Å². The smallest absolute Gasteiger partial charge is 0.401 e. The van der Waals surface area contributed by atoms with Gasteiger partial charge in [0.25, 0.3) is 0 Å². The highest BCUT2D eigenvalue weighted by Crippen LogP contribution is 2.65. The molecular formula is C14H25BNO2+. The van der Waals surface area contributed by atoms with Gasteiger partial charge in [-0.25, -0.2) is 0 Å². The summed E-state index contributed by atoms with van der Waals surface area (Å²) >= 11 is 0. The Morgan fingerprint density at radius 3 is 2.78 bits per heavy atom. The molecule has 1 heterocycles. The van der Waals surface area contributed by atoms with Crippen LogP contribution in [-0.2, 0) is 9.31 Å². The average Bonchev–Trinajstić information content (AvgIpc) is 2.65. The van der Waals surface area contributed by atoms with Crippen molar-refractivity contribution >= 4 is 7.12 Å². The van der Waals surface area contributed by atoms with Gasteiger partial charge in [-0.1, -0.05) is 19.9 Å². The lowest BCUT2D eigenvalue weighted by atomic mass is 9.43. The van der Waals surface area contributed by atoms with E-state index in [0.717, 1.165) is 18.8 Å². The molecule has 0 amide bonds. The fraction of sp³-hybridized carbons (Fsp3) is 0.857. The second-order valence-electron chi connectivity index (χ2n) is 7.12. The molecule has 3 aliphatic carbocycles. The maximum absolute atomic E-state index is 6.32. The highest BCUT2D eigenvalue weighted by Gasteiger charge is 2.68. The lowest BCUT2D eigenvalue weighted by Gasteiger charge is -2.64. The molecule has 0 aromatic carbocycles. The predicted octanol–water partition coefficient (Wildman–Crippen LogP) is 1.44. The van der Waals surface area contributed by atoms with Gasteiger partial charge in [0.05, 0.1) is 11.7 Å². The normalized spacial score (nSPS) is 46.2. The van der Waals surface area contributed by atoms with Crippen LogP contribution in [0.3, 0.4) is 0 Å². The average molecular weight is 250 g/mol. The number of hydrogen-bond donors (Lipinski definition) is 1. The summed E-state index contributed by atoms with van der Waals surface area (Å²) in [6.45, 7) is 10.8. The molecule has 3 nitrogen and oxygen atoms in total. The summed E-state index contributed by atoms with van der Waals surface area (Å²) in [6, 6.07) is 0. The molecule has 1 saturated heterocycles. The molecule has 1 aliphatic heterocycles. The number of rotatable bonds is 3. The monoisotopic (exact) mass is 250 g/mol. The first kappa shape index (κ1) is 12.7. The number of quaternary nitrogens is 1. The highest BCUT2D eigenvalue weighted by molar-refractivity contribution is 6.46. The summed E-state index contributed by atoms with van der Waals surface area (Å²) in [4.78, 5) is 0. The lowest BCUT2D eigenvalue weighted by Crippen LogP contribution is -2.69. The van der Waals surface area contributed by atoms with E-state index in [1.165, 1.54) is 6.42 Å². The highest BCUT2D eigenvalue weighted by atomic mass is 16.7. The van der Waals surface area contributed by atoms with Gasteiger partial charge in [-0.15, -0.1) is 6.58 Å². The molecule has 4 fully saturated rings. The first-order valence-electron chi connectivity index (χ1n) is 7.17. The van der Waals surface area contributed by atoms with E-state index in [9.17, 15) is 0 Å². The zero-order chi connectivity index (χ0) is 13.1. The Kier molecular flexibility index (Phi) is 2.71. The largest absolute Gasteiger partial charge is 0.521 e. The van der Waals surface area contributed by atoms with Gasteiger partial charge in [0, 0.05) is 6.42 Å². The van der Waals surface area contributed by atoms with Crippen LogP contribution in [0.1, 0.15) is 40.0 Å². The third kappa shape index (κ3) is 1.49. The molecule has 18 heavy (non-hydrogen) atoms. The molecule has 0 aromatic heterocycles. The number of hydrogen-bond acceptors (Lipinski definition) is 2. The van der Waals surface area contributed by atoms with Crippen LogP contribution < -0.4 is 5.73 Å². The summed E-state index contributed by atoms with van der Waals surface area (Å²) in [5.41, 5.74) is 4.47. The maximum Gasteiger partial charge on any atom is 0.521 e. The Labute approximate surface area is 110 Å². The van der Waals surface area contributed by atoms with Crippen molar-refractivity contribution in [3.8, 4) is 0 Å². The van der Waals surface area contributed by atoms with Crippen molar-refractivity contribution in [1.29, 1.82) is 0 Å². The molecule has 0 spiro atoms. The van der Waals surface area contributed by atoms with Gasteiger partial charge in [0.1, 0.15) is 5.94 Å². The third-order valence-corrected chi connectivity index (χ3v) is 5.82. The molecular weight excluding hydrogens is 225 g/mol. The van der Waals surface area contributed by atoms with Crippen LogP contribution in [0.2, 0.25) is 0 Å². The standard InChI is InChI=1S/C14H24BNO2/c1-5-6-12(16)15-17-11-8-9-7-10(13(9,2)3)14(11,4)18-15/h5,9-12H,1,6-8,16H2,2-4H3/p+1/t9-,10-,11+,12-,14-/m0/s1. The topological polar surface area (TPSA) is 46.1 Å². The van der Waals surface area contributed by atoms with E-state index in [1.54, 1.807) is 0 Å². The summed E-state index contributed by atoms with van der Waals surface area (Å²) < 4.78 is 12.5. The van der Waals surface area contributed by atoms with Crippen LogP contribution in [0.15, 0.2) is 12.7 Å². The lowest BCUT2D eigenvalue weighted by molar-refractivity contribution is -0.396. The molecule has 0 unspecified atom stereocenters. The quantitative estimate of drug-likeness (QED) is 0.608. The van der Waals surface area contributed by atoms with Crippen LogP contribution in [0.5, 0.6) is 0 Å². The van der Waals surface area contributed by atoms with E-state index < -0.39 is 0 Å². The van der Waals surface area contributed by atoms with Gasteiger partial charge in [0.2, 0.25) is 0 Å². The summed E-state index contributed by atoms with van der Waals surface area (Å²) in [5.74, 6) is 1.60. The molecule has 3 N–H and O–H groups in total. The third-order valence-electron chi connectivity index (χ3n) is 5.82. The Hall–Kier alpha value is -0.315. The Bertz CT molecular complexity index is 373. The minimum absolute atomic E-state index is 0.0972. The Balaban J connectivity index is 1.78. The molecule has 0 radical (unpaired) electrons. The molecule has 3 saturated carbocycles. The van der Waals surface area contributed by atoms with Crippen LogP contribution in [0.25, 0.3) is 0 Å². The van der Waals surface area contributed by atoms with E-state index >= 15 is 0 Å². The van der Waals surface area contributed by atoms with Crippen molar-refractivity contribution in [3.05, 3.63) is 12.7 Å². The summed E-state index contributed by atoms with van der Waals surface area (Å²) in [6.07, 6.45) is 5.48. The van der Waals surface area contributed by atoms with E-state index in [0.29, 0.717) is 11.3 Å². The second kappa shape index (κ2) is 3.84. The molecule has 2 bridgehead atoms. The van der Waals surface area contributed by atoms with Gasteiger partial charge >= 0.3 is 7.12 Å². The molecule has 4 rings (SSSR count). The van der Waals surface area contributed by atoms with Crippen LogP contribution in [-0.4, -0.2) is 24.8 Å². The van der Waals surface area contributed by atoms with Gasteiger partial charge in [0.15, 0.2) is 0 Å². The van der Waals surface area contributed by atoms with E-state index in [1.807, 2.05) is 6.08 Å². The van der Waals surface area contributed by atoms with Crippen molar-refractivity contribution in [3.63, 3.8) is 0 Å². The Morgan fingerprint density at radius 1 is 1.44 bits per heavy atom. The maximum atomic E-state index is 6.32. The van der Waals surface area contributed by atoms with Gasteiger partial charge in [-0.2, -0.15) is 0 Å². The van der Waals surface area contributed by atoms with Crippen molar-refractivity contribution in [2.75, 3.05) is 0 Å². The van der Waals surface area contributed by atoms with Crippen molar-refractivity contribution in [2.45, 2.75) is 57.7 Å². The first-order valence-corrected chi connectivity index (χ1v) is 7.17. The van der Waals surface area contributed by atoms with Crippen LogP contribution >= 0.6 is 0 Å². The van der Waals surface area contributed by atoms with Gasteiger partial charge in [-0.3, -0.25) is 0 Å². The van der Waals surface area contributed by atoms with E-state index in [2.05, 4.69) is 33.1 Å². The summed E-state index contributed by atoms with van der Waals surface area (Å²) in [5, 5.41) is 0. The zero-order valence-electron chi connectivity index (χ0n) is 11.8. The van der Waals surface area contributed by atoms with E-state index in [-0.39, 0.29) is 24.8 Å². The van der Waals surface area contributed by atoms with Gasteiger partial charge in [-0.05, 0) is 37.0 Å². The molecule has 4 aliphatic rings. The molecule has 5 atom stereocenters. The first-order chi connectivity index (χ1) is 8.39. The summed E-state index contributed by atoms with van der Waals surface area (Å²) in [7, 11) is -0.145. The minimum atomic E-state index is -0.145. The molecule has 4 heteroatoms. The van der Waals surface area contributed by atoms with Gasteiger partial charge < -0.3 is 15.0 Å². The fourth-order valence-electron chi connectivity index (χ4n) is 4.43. The van der Waals surface area contributed by atoms with Crippen molar-refractivity contribution in [2.24, 2.45) is 17.3 Å². The van der Waals surface area contributed by atoms with Crippen LogP contribution in [0, 0.1) is 17.3 Å². The Morgan fingerprint density at radius 2 is 2.17 bits per heavy atom. The van der Waals surface area contributed by atoms with Crippen molar-refractivity contribution in [1.82, 2.24) is 0 Å². The predicted molar refractivity (Wildman–Crippen MR) is 71.6 cm³/mol. The molecule has 0 aromatic rings.